The first kappa shape index (κ1) is 12.3. The standard InChI is InChI=1S/C13H10ClNO3S/c14-8-6-10-11(18-4-3-17-10)7-9(8)15-13(16)12-2-1-5-19-12/h1-2,5-7H,3-4H2,(H,15,16). The SMILES string of the molecule is O=C(Nc1cc2c(cc1Cl)OCCO2)c1cccs1. The van der Waals surface area contributed by atoms with Crippen LogP contribution in [-0.4, -0.2) is 19.1 Å². The Morgan fingerprint density at radius 2 is 2.00 bits per heavy atom. The number of nitrogens with one attached hydrogen (secondary N) is 1. The van der Waals surface area contributed by atoms with Crippen molar-refractivity contribution in [3.05, 3.63) is 39.5 Å². The lowest BCUT2D eigenvalue weighted by molar-refractivity contribution is 0.103. The van der Waals surface area contributed by atoms with Crippen LogP contribution in [0.15, 0.2) is 29.6 Å². The Morgan fingerprint density at radius 1 is 1.26 bits per heavy atom. The van der Waals surface area contributed by atoms with Crippen molar-refractivity contribution in [1.29, 1.82) is 0 Å². The summed E-state index contributed by atoms with van der Waals surface area (Å²) in [4.78, 5) is 12.6. The molecule has 2 aromatic rings. The maximum absolute atomic E-state index is 12.0. The van der Waals surface area contributed by atoms with Crippen molar-refractivity contribution in [3.8, 4) is 11.5 Å². The van der Waals surface area contributed by atoms with Gasteiger partial charge in [-0.2, -0.15) is 0 Å². The molecule has 4 nitrogen and oxygen atoms in total. The molecule has 1 aliphatic rings. The molecule has 1 amide bonds. The highest BCUT2D eigenvalue weighted by atomic mass is 35.5. The molecule has 0 atom stereocenters. The minimum Gasteiger partial charge on any atom is -0.486 e. The van der Waals surface area contributed by atoms with Gasteiger partial charge in [0.05, 0.1) is 15.6 Å². The highest BCUT2D eigenvalue weighted by molar-refractivity contribution is 7.12. The smallest absolute Gasteiger partial charge is 0.265 e. The van der Waals surface area contributed by atoms with Gasteiger partial charge in [0.1, 0.15) is 13.2 Å². The average Bonchev–Trinajstić information content (AvgIpc) is 2.93. The second-order valence-corrected chi connectivity index (χ2v) is 5.26. The van der Waals surface area contributed by atoms with E-state index < -0.39 is 0 Å². The Hall–Kier alpha value is -1.72. The van der Waals surface area contributed by atoms with Crippen LogP contribution in [0.4, 0.5) is 5.69 Å². The van der Waals surface area contributed by atoms with Gasteiger partial charge in [0.25, 0.3) is 5.91 Å². The average molecular weight is 296 g/mol. The third kappa shape index (κ3) is 2.52. The predicted molar refractivity (Wildman–Crippen MR) is 74.7 cm³/mol. The summed E-state index contributed by atoms with van der Waals surface area (Å²) in [6, 6.07) is 6.92. The van der Waals surface area contributed by atoms with E-state index in [1.165, 1.54) is 11.3 Å². The number of carbonyl (C=O) groups is 1. The zero-order valence-electron chi connectivity index (χ0n) is 9.81. The molecule has 0 saturated heterocycles. The molecule has 6 heteroatoms. The van der Waals surface area contributed by atoms with Gasteiger partial charge in [-0.1, -0.05) is 17.7 Å². The summed E-state index contributed by atoms with van der Waals surface area (Å²) in [7, 11) is 0. The van der Waals surface area contributed by atoms with E-state index in [0.29, 0.717) is 40.3 Å². The summed E-state index contributed by atoms with van der Waals surface area (Å²) >= 11 is 7.49. The summed E-state index contributed by atoms with van der Waals surface area (Å²) in [5.41, 5.74) is 0.518. The zero-order valence-corrected chi connectivity index (χ0v) is 11.4. The van der Waals surface area contributed by atoms with Crippen molar-refractivity contribution in [1.82, 2.24) is 0 Å². The lowest BCUT2D eigenvalue weighted by Crippen LogP contribution is -2.16. The van der Waals surface area contributed by atoms with E-state index >= 15 is 0 Å². The minimum absolute atomic E-state index is 0.187. The summed E-state index contributed by atoms with van der Waals surface area (Å²) < 4.78 is 10.9. The fourth-order valence-corrected chi connectivity index (χ4v) is 2.57. The Labute approximate surface area is 118 Å². The lowest BCUT2D eigenvalue weighted by atomic mass is 10.2. The summed E-state index contributed by atoms with van der Waals surface area (Å²) in [5.74, 6) is 1.01. The molecular weight excluding hydrogens is 286 g/mol. The Kier molecular flexibility index (Phi) is 3.31. The van der Waals surface area contributed by atoms with E-state index in [1.54, 1.807) is 18.2 Å². The Morgan fingerprint density at radius 3 is 2.68 bits per heavy atom. The Balaban J connectivity index is 1.87. The first-order valence-electron chi connectivity index (χ1n) is 5.68. The number of halogens is 1. The number of benzene rings is 1. The zero-order chi connectivity index (χ0) is 13.2. The molecule has 19 heavy (non-hydrogen) atoms. The molecule has 0 radical (unpaired) electrons. The van der Waals surface area contributed by atoms with Crippen molar-refractivity contribution in [2.75, 3.05) is 18.5 Å². The fraction of sp³-hybridized carbons (Fsp3) is 0.154. The van der Waals surface area contributed by atoms with Gasteiger partial charge >= 0.3 is 0 Å². The third-order valence-electron chi connectivity index (χ3n) is 2.63. The number of amides is 1. The quantitative estimate of drug-likeness (QED) is 0.923. The third-order valence-corrected chi connectivity index (χ3v) is 3.81. The maximum atomic E-state index is 12.0. The molecule has 1 aromatic heterocycles. The molecule has 3 rings (SSSR count). The largest absolute Gasteiger partial charge is 0.486 e. The Bertz CT molecular complexity index is 613. The molecule has 1 aromatic carbocycles. The second-order valence-electron chi connectivity index (χ2n) is 3.91. The number of carbonyl (C=O) groups excluding carboxylic acids is 1. The van der Waals surface area contributed by atoms with Crippen LogP contribution in [0.25, 0.3) is 0 Å². The highest BCUT2D eigenvalue weighted by Crippen LogP contribution is 2.38. The highest BCUT2D eigenvalue weighted by Gasteiger charge is 2.17. The van der Waals surface area contributed by atoms with Gasteiger partial charge in [0.2, 0.25) is 0 Å². The summed E-state index contributed by atoms with van der Waals surface area (Å²) in [6.45, 7) is 0.997. The van der Waals surface area contributed by atoms with Crippen LogP contribution in [0, 0.1) is 0 Å². The number of ether oxygens (including phenoxy) is 2. The monoisotopic (exact) mass is 295 g/mol. The van der Waals surface area contributed by atoms with E-state index in [1.807, 2.05) is 11.4 Å². The van der Waals surface area contributed by atoms with Gasteiger partial charge in [-0.25, -0.2) is 0 Å². The molecule has 0 saturated carbocycles. The number of thiophene rings is 1. The summed E-state index contributed by atoms with van der Waals surface area (Å²) in [5, 5.41) is 5.04. The van der Waals surface area contributed by atoms with Crippen molar-refractivity contribution in [2.24, 2.45) is 0 Å². The molecule has 2 heterocycles. The van der Waals surface area contributed by atoms with Gasteiger partial charge in [-0.05, 0) is 11.4 Å². The summed E-state index contributed by atoms with van der Waals surface area (Å²) in [6.07, 6.45) is 0. The van der Waals surface area contributed by atoms with Crippen molar-refractivity contribution >= 4 is 34.5 Å². The van der Waals surface area contributed by atoms with E-state index in [-0.39, 0.29) is 5.91 Å². The molecule has 0 aliphatic carbocycles. The van der Waals surface area contributed by atoms with Crippen molar-refractivity contribution in [3.63, 3.8) is 0 Å². The lowest BCUT2D eigenvalue weighted by Gasteiger charge is -2.19. The molecule has 0 spiro atoms. The van der Waals surface area contributed by atoms with E-state index in [0.717, 1.165) is 0 Å². The number of rotatable bonds is 2. The van der Waals surface area contributed by atoms with Gasteiger partial charge in [0, 0.05) is 12.1 Å². The molecule has 98 valence electrons. The molecule has 1 N–H and O–H groups in total. The van der Waals surface area contributed by atoms with Gasteiger partial charge in [-0.15, -0.1) is 11.3 Å². The van der Waals surface area contributed by atoms with E-state index in [9.17, 15) is 4.79 Å². The van der Waals surface area contributed by atoms with Crippen LogP contribution in [0.3, 0.4) is 0 Å². The van der Waals surface area contributed by atoms with Gasteiger partial charge in [-0.3, -0.25) is 4.79 Å². The normalized spacial score (nSPS) is 13.1. The predicted octanol–water partition coefficient (Wildman–Crippen LogP) is 3.43. The fourth-order valence-electron chi connectivity index (χ4n) is 1.75. The van der Waals surface area contributed by atoms with Gasteiger partial charge < -0.3 is 14.8 Å². The topological polar surface area (TPSA) is 47.6 Å². The van der Waals surface area contributed by atoms with Crippen LogP contribution in [0.5, 0.6) is 11.5 Å². The van der Waals surface area contributed by atoms with Gasteiger partial charge in [0.15, 0.2) is 11.5 Å². The van der Waals surface area contributed by atoms with Crippen LogP contribution < -0.4 is 14.8 Å². The number of hydrogen-bond donors (Lipinski definition) is 1. The van der Waals surface area contributed by atoms with E-state index in [2.05, 4.69) is 5.32 Å². The molecule has 0 fully saturated rings. The molecule has 0 bridgehead atoms. The number of anilines is 1. The minimum atomic E-state index is -0.187. The van der Waals surface area contributed by atoms with Crippen LogP contribution in [0.2, 0.25) is 5.02 Å². The molecule has 1 aliphatic heterocycles. The molecular formula is C13H10ClNO3S. The van der Waals surface area contributed by atoms with Crippen molar-refractivity contribution in [2.45, 2.75) is 0 Å². The second kappa shape index (κ2) is 5.11. The first-order chi connectivity index (χ1) is 9.24. The maximum Gasteiger partial charge on any atom is 0.265 e. The first-order valence-corrected chi connectivity index (χ1v) is 6.94. The van der Waals surface area contributed by atoms with E-state index in [4.69, 9.17) is 21.1 Å². The van der Waals surface area contributed by atoms with Crippen LogP contribution >= 0.6 is 22.9 Å². The van der Waals surface area contributed by atoms with Crippen LogP contribution in [0.1, 0.15) is 9.67 Å². The number of fused-ring (bicyclic) bond motifs is 1. The van der Waals surface area contributed by atoms with Crippen LogP contribution in [-0.2, 0) is 0 Å². The molecule has 0 unspecified atom stereocenters. The number of hydrogen-bond acceptors (Lipinski definition) is 4. The van der Waals surface area contributed by atoms with Crippen molar-refractivity contribution < 1.29 is 14.3 Å².